The number of hydrogen-bond acceptors (Lipinski definition) is 3. The first kappa shape index (κ1) is 16.4. The molecule has 1 amide bonds. The fourth-order valence-corrected chi connectivity index (χ4v) is 2.80. The maximum absolute atomic E-state index is 11.8. The Morgan fingerprint density at radius 3 is 2.46 bits per heavy atom. The van der Waals surface area contributed by atoms with E-state index >= 15 is 0 Å². The number of nitrogens with zero attached hydrogens (tertiary/aromatic N) is 2. The number of halogens is 2. The van der Waals surface area contributed by atoms with Gasteiger partial charge >= 0.3 is 0 Å². The molecule has 0 saturated carbocycles. The van der Waals surface area contributed by atoms with Gasteiger partial charge in [0.25, 0.3) is 5.91 Å². The first-order valence-electron chi connectivity index (χ1n) is 6.99. The average molecular weight is 362 g/mol. The molecular weight excluding hydrogens is 349 g/mol. The molecule has 0 bridgehead atoms. The second-order valence-electron chi connectivity index (χ2n) is 5.02. The van der Waals surface area contributed by atoms with Gasteiger partial charge in [-0.2, -0.15) is 5.10 Å². The van der Waals surface area contributed by atoms with Crippen LogP contribution < -0.4 is 10.5 Å². The molecule has 0 aliphatic rings. The van der Waals surface area contributed by atoms with Crippen LogP contribution in [0.2, 0.25) is 10.0 Å². The molecular formula is C17H13Cl2N3O2. The molecule has 0 unspecified atom stereocenters. The SMILES string of the molecule is COc1ccc(-c2nn(-c3ccc(Cl)cc3Cl)cc2C(N)=O)cc1. The highest BCUT2D eigenvalue weighted by molar-refractivity contribution is 6.35. The van der Waals surface area contributed by atoms with Crippen LogP contribution in [0.25, 0.3) is 16.9 Å². The van der Waals surface area contributed by atoms with Crippen molar-refractivity contribution in [2.24, 2.45) is 5.73 Å². The Hall–Kier alpha value is -2.50. The third-order valence-corrected chi connectivity index (χ3v) is 4.04. The number of benzene rings is 2. The number of carbonyl (C=O) groups is 1. The van der Waals surface area contributed by atoms with E-state index in [1.54, 1.807) is 55.8 Å². The fourth-order valence-electron chi connectivity index (χ4n) is 2.31. The molecule has 3 rings (SSSR count). The monoisotopic (exact) mass is 361 g/mol. The molecule has 1 heterocycles. The maximum atomic E-state index is 11.8. The Kier molecular flexibility index (Phi) is 4.46. The molecule has 5 nitrogen and oxygen atoms in total. The van der Waals surface area contributed by atoms with Gasteiger partial charge in [-0.1, -0.05) is 23.2 Å². The van der Waals surface area contributed by atoms with Crippen LogP contribution in [0.15, 0.2) is 48.7 Å². The summed E-state index contributed by atoms with van der Waals surface area (Å²) in [6.07, 6.45) is 1.55. The summed E-state index contributed by atoms with van der Waals surface area (Å²) in [5.74, 6) is 0.136. The number of hydrogen-bond donors (Lipinski definition) is 1. The minimum Gasteiger partial charge on any atom is -0.497 e. The van der Waals surface area contributed by atoms with E-state index < -0.39 is 5.91 Å². The van der Waals surface area contributed by atoms with E-state index in [1.165, 1.54) is 4.68 Å². The van der Waals surface area contributed by atoms with E-state index in [-0.39, 0.29) is 0 Å². The Labute approximate surface area is 148 Å². The van der Waals surface area contributed by atoms with Crippen molar-refractivity contribution < 1.29 is 9.53 Å². The highest BCUT2D eigenvalue weighted by Gasteiger charge is 2.17. The molecule has 0 saturated heterocycles. The van der Waals surface area contributed by atoms with E-state index in [0.717, 1.165) is 5.56 Å². The van der Waals surface area contributed by atoms with Crippen LogP contribution in [0.5, 0.6) is 5.75 Å². The standard InChI is InChI=1S/C17H13Cl2N3O2/c1-24-12-5-2-10(3-6-12)16-13(17(20)23)9-22(21-16)15-7-4-11(18)8-14(15)19/h2-9H,1H3,(H2,20,23). The second kappa shape index (κ2) is 6.55. The van der Waals surface area contributed by atoms with Gasteiger partial charge < -0.3 is 10.5 Å². The smallest absolute Gasteiger partial charge is 0.252 e. The molecule has 7 heteroatoms. The van der Waals surface area contributed by atoms with Gasteiger partial charge in [-0.15, -0.1) is 0 Å². The summed E-state index contributed by atoms with van der Waals surface area (Å²) in [5, 5.41) is 5.40. The lowest BCUT2D eigenvalue weighted by Gasteiger charge is -2.04. The fraction of sp³-hybridized carbons (Fsp3) is 0.0588. The van der Waals surface area contributed by atoms with E-state index in [1.807, 2.05) is 0 Å². The summed E-state index contributed by atoms with van der Waals surface area (Å²) in [5.41, 5.74) is 7.60. The summed E-state index contributed by atoms with van der Waals surface area (Å²) in [4.78, 5) is 11.8. The van der Waals surface area contributed by atoms with Crippen LogP contribution in [0, 0.1) is 0 Å². The molecule has 0 fully saturated rings. The van der Waals surface area contributed by atoms with Crippen molar-refractivity contribution in [2.75, 3.05) is 7.11 Å². The lowest BCUT2D eigenvalue weighted by Crippen LogP contribution is -2.11. The quantitative estimate of drug-likeness (QED) is 0.764. The number of ether oxygens (including phenoxy) is 1. The number of methoxy groups -OCH3 is 1. The van der Waals surface area contributed by atoms with Gasteiger partial charge in [0.05, 0.1) is 23.4 Å². The summed E-state index contributed by atoms with van der Waals surface area (Å²) < 4.78 is 6.65. The van der Waals surface area contributed by atoms with Gasteiger partial charge in [-0.25, -0.2) is 4.68 Å². The third-order valence-electron chi connectivity index (χ3n) is 3.50. The van der Waals surface area contributed by atoms with Crippen molar-refractivity contribution >= 4 is 29.1 Å². The minimum atomic E-state index is -0.572. The number of aromatic nitrogens is 2. The van der Waals surface area contributed by atoms with Gasteiger partial charge in [0.1, 0.15) is 11.4 Å². The van der Waals surface area contributed by atoms with Crippen LogP contribution in [0.1, 0.15) is 10.4 Å². The van der Waals surface area contributed by atoms with Crippen LogP contribution in [-0.2, 0) is 0 Å². The lowest BCUT2D eigenvalue weighted by molar-refractivity contribution is 0.100. The zero-order valence-electron chi connectivity index (χ0n) is 12.7. The zero-order valence-corrected chi connectivity index (χ0v) is 14.2. The Bertz CT molecular complexity index is 905. The van der Waals surface area contributed by atoms with Gasteiger partial charge in [0.15, 0.2) is 0 Å². The van der Waals surface area contributed by atoms with Crippen LogP contribution >= 0.6 is 23.2 Å². The first-order chi connectivity index (χ1) is 11.5. The normalized spacial score (nSPS) is 10.6. The second-order valence-corrected chi connectivity index (χ2v) is 5.87. The molecule has 0 atom stereocenters. The Morgan fingerprint density at radius 1 is 1.17 bits per heavy atom. The maximum Gasteiger partial charge on any atom is 0.252 e. The van der Waals surface area contributed by atoms with E-state index in [2.05, 4.69) is 5.10 Å². The highest BCUT2D eigenvalue weighted by atomic mass is 35.5. The largest absolute Gasteiger partial charge is 0.497 e. The van der Waals surface area contributed by atoms with Crippen molar-refractivity contribution in [1.29, 1.82) is 0 Å². The molecule has 0 spiro atoms. The van der Waals surface area contributed by atoms with Gasteiger partial charge in [-0.05, 0) is 42.5 Å². The Balaban J connectivity index is 2.12. The number of amides is 1. The number of nitrogens with two attached hydrogens (primary N) is 1. The summed E-state index contributed by atoms with van der Waals surface area (Å²) in [6.45, 7) is 0. The predicted molar refractivity (Wildman–Crippen MR) is 94.1 cm³/mol. The van der Waals surface area contributed by atoms with Gasteiger partial charge in [0, 0.05) is 16.8 Å². The van der Waals surface area contributed by atoms with Crippen molar-refractivity contribution in [3.63, 3.8) is 0 Å². The molecule has 3 aromatic rings. The highest BCUT2D eigenvalue weighted by Crippen LogP contribution is 2.28. The van der Waals surface area contributed by atoms with Crippen molar-refractivity contribution in [1.82, 2.24) is 9.78 Å². The van der Waals surface area contributed by atoms with Crippen LogP contribution in [0.3, 0.4) is 0 Å². The molecule has 0 aliphatic carbocycles. The zero-order chi connectivity index (χ0) is 17.3. The molecule has 2 aromatic carbocycles. The predicted octanol–water partition coefficient (Wildman–Crippen LogP) is 3.95. The average Bonchev–Trinajstić information content (AvgIpc) is 3.00. The topological polar surface area (TPSA) is 70.1 Å². The molecule has 1 aromatic heterocycles. The Morgan fingerprint density at radius 2 is 1.88 bits per heavy atom. The summed E-state index contributed by atoms with van der Waals surface area (Å²) in [6, 6.07) is 12.2. The van der Waals surface area contributed by atoms with E-state index in [4.69, 9.17) is 33.7 Å². The van der Waals surface area contributed by atoms with Gasteiger partial charge in [-0.3, -0.25) is 4.79 Å². The third kappa shape index (κ3) is 3.09. The molecule has 0 radical (unpaired) electrons. The van der Waals surface area contributed by atoms with Crippen molar-refractivity contribution in [3.8, 4) is 22.7 Å². The van der Waals surface area contributed by atoms with E-state index in [0.29, 0.717) is 32.7 Å². The van der Waals surface area contributed by atoms with Crippen molar-refractivity contribution in [2.45, 2.75) is 0 Å². The molecule has 122 valence electrons. The van der Waals surface area contributed by atoms with Crippen molar-refractivity contribution in [3.05, 3.63) is 64.3 Å². The summed E-state index contributed by atoms with van der Waals surface area (Å²) in [7, 11) is 1.58. The van der Waals surface area contributed by atoms with E-state index in [9.17, 15) is 4.79 Å². The van der Waals surface area contributed by atoms with Crippen LogP contribution in [0.4, 0.5) is 0 Å². The summed E-state index contributed by atoms with van der Waals surface area (Å²) >= 11 is 12.1. The molecule has 2 N–H and O–H groups in total. The molecule has 24 heavy (non-hydrogen) atoms. The molecule has 0 aliphatic heterocycles. The number of rotatable bonds is 4. The van der Waals surface area contributed by atoms with Gasteiger partial charge in [0.2, 0.25) is 0 Å². The first-order valence-corrected chi connectivity index (χ1v) is 7.74. The number of carbonyl (C=O) groups excluding carboxylic acids is 1. The number of primary amides is 1. The lowest BCUT2D eigenvalue weighted by atomic mass is 10.1. The van der Waals surface area contributed by atoms with Crippen LogP contribution in [-0.4, -0.2) is 22.8 Å². The minimum absolute atomic E-state index is 0.297.